The van der Waals surface area contributed by atoms with Crippen LogP contribution in [0.25, 0.3) is 28.0 Å². The number of nitro benzene ring substituents is 1. The lowest BCUT2D eigenvalue weighted by Crippen LogP contribution is -2.48. The first-order chi connectivity index (χ1) is 18.2. The summed E-state index contributed by atoms with van der Waals surface area (Å²) in [5, 5.41) is 11.2. The Kier molecular flexibility index (Phi) is 7.04. The van der Waals surface area contributed by atoms with Crippen molar-refractivity contribution in [3.8, 4) is 22.4 Å². The predicted molar refractivity (Wildman–Crippen MR) is 149 cm³/mol. The average molecular weight is 534 g/mol. The Bertz CT molecular complexity index is 1600. The third-order valence-corrected chi connectivity index (χ3v) is 9.12. The smallest absolute Gasteiger partial charge is 0.269 e. The summed E-state index contributed by atoms with van der Waals surface area (Å²) in [6, 6.07) is 16.9. The third kappa shape index (κ3) is 5.07. The van der Waals surface area contributed by atoms with Gasteiger partial charge in [0, 0.05) is 56.6 Å². The van der Waals surface area contributed by atoms with E-state index in [-0.39, 0.29) is 11.4 Å². The van der Waals surface area contributed by atoms with Crippen LogP contribution < -0.4 is 0 Å². The fraction of sp³-hybridized carbons (Fsp3) is 0.321. The van der Waals surface area contributed by atoms with E-state index < -0.39 is 14.9 Å². The monoisotopic (exact) mass is 533 g/mol. The Morgan fingerprint density at radius 3 is 2.29 bits per heavy atom. The molecule has 0 radical (unpaired) electrons. The van der Waals surface area contributed by atoms with E-state index in [9.17, 15) is 18.5 Å². The summed E-state index contributed by atoms with van der Waals surface area (Å²) in [6.45, 7) is 8.55. The number of hydrogen-bond donors (Lipinski definition) is 0. The lowest BCUT2D eigenvalue weighted by molar-refractivity contribution is -0.384. The Balaban J connectivity index is 1.56. The van der Waals surface area contributed by atoms with Gasteiger partial charge in [-0.3, -0.25) is 15.0 Å². The Morgan fingerprint density at radius 1 is 0.947 bits per heavy atom. The molecule has 0 spiro atoms. The van der Waals surface area contributed by atoms with E-state index in [1.54, 1.807) is 23.4 Å². The van der Waals surface area contributed by atoms with Gasteiger partial charge in [-0.1, -0.05) is 23.8 Å². The van der Waals surface area contributed by atoms with Crippen molar-refractivity contribution in [2.24, 2.45) is 0 Å². The van der Waals surface area contributed by atoms with Gasteiger partial charge in [0.1, 0.15) is 5.65 Å². The van der Waals surface area contributed by atoms with Crippen LogP contribution in [0.5, 0.6) is 0 Å². The second kappa shape index (κ2) is 10.3. The molecule has 0 saturated carbocycles. The molecule has 5 rings (SSSR count). The van der Waals surface area contributed by atoms with Crippen LogP contribution in [-0.2, 0) is 16.6 Å². The number of sulfonamides is 1. The normalized spacial score (nSPS) is 15.2. The van der Waals surface area contributed by atoms with Crippen LogP contribution in [0.1, 0.15) is 23.7 Å². The lowest BCUT2D eigenvalue weighted by atomic mass is 10.00. The number of piperazine rings is 1. The zero-order valence-electron chi connectivity index (χ0n) is 21.8. The van der Waals surface area contributed by atoms with E-state index in [0.717, 1.165) is 33.7 Å². The number of hydrogen-bond acceptors (Lipinski definition) is 6. The molecule has 10 heteroatoms. The number of aryl methyl sites for hydroxylation is 2. The number of benzene rings is 2. The molecular weight excluding hydrogens is 502 g/mol. The Morgan fingerprint density at radius 2 is 1.63 bits per heavy atom. The standard InChI is InChI=1S/C28H31N5O4S/c1-4-38(36,37)31-15-13-30(14-16-31)19-26-28(22-7-10-24(11-8-22)33(34)35)29-27-12-9-23(18-32(26)27)25-17-20(2)5-6-21(25)3/h5-12,17-18H,4,13-16,19H2,1-3H3. The summed E-state index contributed by atoms with van der Waals surface area (Å²) in [7, 11) is -3.21. The molecule has 0 amide bonds. The molecule has 3 heterocycles. The summed E-state index contributed by atoms with van der Waals surface area (Å²) in [6.07, 6.45) is 2.10. The van der Waals surface area contributed by atoms with Gasteiger partial charge >= 0.3 is 0 Å². The van der Waals surface area contributed by atoms with Gasteiger partial charge in [0.2, 0.25) is 10.0 Å². The van der Waals surface area contributed by atoms with Crippen LogP contribution in [0.2, 0.25) is 0 Å². The topological polar surface area (TPSA) is 101 Å². The molecule has 0 bridgehead atoms. The maximum absolute atomic E-state index is 12.3. The predicted octanol–water partition coefficient (Wildman–Crippen LogP) is 4.66. The second-order valence-electron chi connectivity index (χ2n) is 9.75. The number of pyridine rings is 1. The fourth-order valence-corrected chi connectivity index (χ4v) is 6.07. The van der Waals surface area contributed by atoms with Gasteiger partial charge in [-0.2, -0.15) is 4.31 Å². The Hall–Kier alpha value is -3.60. The minimum Gasteiger partial charge on any atom is -0.301 e. The zero-order valence-corrected chi connectivity index (χ0v) is 22.6. The summed E-state index contributed by atoms with van der Waals surface area (Å²) >= 11 is 0. The van der Waals surface area contributed by atoms with Gasteiger partial charge < -0.3 is 4.40 Å². The highest BCUT2D eigenvalue weighted by Gasteiger charge is 2.27. The molecule has 38 heavy (non-hydrogen) atoms. The SMILES string of the molecule is CCS(=O)(=O)N1CCN(Cc2c(-c3ccc([N+](=O)[O-])cc3)nc3ccc(-c4cc(C)ccc4C)cn23)CC1. The summed E-state index contributed by atoms with van der Waals surface area (Å²) in [4.78, 5) is 18.0. The van der Waals surface area contributed by atoms with Gasteiger partial charge in [0.15, 0.2) is 0 Å². The van der Waals surface area contributed by atoms with Crippen molar-refractivity contribution >= 4 is 21.4 Å². The molecule has 198 valence electrons. The fourth-order valence-electron chi connectivity index (χ4n) is 4.98. The molecular formula is C28H31N5O4S. The molecule has 0 unspecified atom stereocenters. The van der Waals surface area contributed by atoms with Gasteiger partial charge in [0.25, 0.3) is 5.69 Å². The molecule has 1 saturated heterocycles. The van der Waals surface area contributed by atoms with Gasteiger partial charge in [-0.05, 0) is 61.7 Å². The molecule has 1 aliphatic heterocycles. The van der Waals surface area contributed by atoms with E-state index in [1.807, 2.05) is 6.07 Å². The van der Waals surface area contributed by atoms with Gasteiger partial charge in [-0.25, -0.2) is 13.4 Å². The number of nitro groups is 1. The van der Waals surface area contributed by atoms with Crippen LogP contribution in [0, 0.1) is 24.0 Å². The van der Waals surface area contributed by atoms with Crippen molar-refractivity contribution in [1.29, 1.82) is 0 Å². The van der Waals surface area contributed by atoms with E-state index in [1.165, 1.54) is 23.3 Å². The minimum atomic E-state index is -3.21. The van der Waals surface area contributed by atoms with E-state index in [4.69, 9.17) is 4.98 Å². The molecule has 1 fully saturated rings. The lowest BCUT2D eigenvalue weighted by Gasteiger charge is -2.33. The minimum absolute atomic E-state index is 0.0320. The van der Waals surface area contributed by atoms with Gasteiger partial charge in [0.05, 0.1) is 22.1 Å². The van der Waals surface area contributed by atoms with Crippen LogP contribution >= 0.6 is 0 Å². The van der Waals surface area contributed by atoms with Crippen LogP contribution in [0.15, 0.2) is 60.8 Å². The first-order valence-corrected chi connectivity index (χ1v) is 14.3. The van der Waals surface area contributed by atoms with Crippen molar-refractivity contribution < 1.29 is 13.3 Å². The molecule has 0 aliphatic carbocycles. The molecule has 0 atom stereocenters. The second-order valence-corrected chi connectivity index (χ2v) is 12.0. The number of nitrogens with zero attached hydrogens (tertiary/aromatic N) is 5. The summed E-state index contributed by atoms with van der Waals surface area (Å²) < 4.78 is 28.3. The van der Waals surface area contributed by atoms with Crippen molar-refractivity contribution in [2.45, 2.75) is 27.3 Å². The summed E-state index contributed by atoms with van der Waals surface area (Å²) in [5.74, 6) is 0.103. The highest BCUT2D eigenvalue weighted by Crippen LogP contribution is 2.31. The zero-order chi connectivity index (χ0) is 27.0. The van der Waals surface area contributed by atoms with Crippen LogP contribution in [-0.4, -0.2) is 63.9 Å². The third-order valence-electron chi connectivity index (χ3n) is 7.24. The highest BCUT2D eigenvalue weighted by molar-refractivity contribution is 7.89. The van der Waals surface area contributed by atoms with Gasteiger partial charge in [-0.15, -0.1) is 0 Å². The molecule has 0 N–H and O–H groups in total. The number of imidazole rings is 1. The number of non-ortho nitro benzene ring substituents is 1. The Labute approximate surface area is 222 Å². The molecule has 9 nitrogen and oxygen atoms in total. The number of fused-ring (bicyclic) bond motifs is 1. The molecule has 2 aromatic carbocycles. The van der Waals surface area contributed by atoms with Crippen LogP contribution in [0.4, 0.5) is 5.69 Å². The highest BCUT2D eigenvalue weighted by atomic mass is 32.2. The van der Waals surface area contributed by atoms with E-state index >= 15 is 0 Å². The molecule has 4 aromatic rings. The molecule has 2 aromatic heterocycles. The van der Waals surface area contributed by atoms with Crippen molar-refractivity contribution in [3.63, 3.8) is 0 Å². The van der Waals surface area contributed by atoms with Crippen molar-refractivity contribution in [3.05, 3.63) is 87.7 Å². The maximum atomic E-state index is 12.3. The molecule has 1 aliphatic rings. The first kappa shape index (κ1) is 26.0. The number of aromatic nitrogens is 2. The number of rotatable bonds is 7. The van der Waals surface area contributed by atoms with Crippen LogP contribution in [0.3, 0.4) is 0 Å². The quantitative estimate of drug-likeness (QED) is 0.253. The maximum Gasteiger partial charge on any atom is 0.269 e. The van der Waals surface area contributed by atoms with E-state index in [0.29, 0.717) is 32.7 Å². The average Bonchev–Trinajstić information content (AvgIpc) is 3.27. The largest absolute Gasteiger partial charge is 0.301 e. The first-order valence-electron chi connectivity index (χ1n) is 12.7. The van der Waals surface area contributed by atoms with Crippen molar-refractivity contribution in [2.75, 3.05) is 31.9 Å². The van der Waals surface area contributed by atoms with Crippen molar-refractivity contribution in [1.82, 2.24) is 18.6 Å². The summed E-state index contributed by atoms with van der Waals surface area (Å²) in [5.41, 5.74) is 7.94. The van der Waals surface area contributed by atoms with E-state index in [2.05, 4.69) is 53.6 Å².